The molecule has 7 heteroatoms. The molecule has 0 aromatic heterocycles. The van der Waals surface area contributed by atoms with Gasteiger partial charge in [-0.3, -0.25) is 4.90 Å². The first-order chi connectivity index (χ1) is 13.3. The molecule has 0 radical (unpaired) electrons. The monoisotopic (exact) mass is 408 g/mol. The third kappa shape index (κ3) is 6.93. The number of halogens is 1. The van der Waals surface area contributed by atoms with E-state index in [9.17, 15) is 9.59 Å². The number of hydrogen-bond acceptors (Lipinski definition) is 5. The molecule has 154 valence electrons. The number of piperidine rings is 1. The number of rotatable bonds is 8. The van der Waals surface area contributed by atoms with Crippen LogP contribution < -0.4 is 0 Å². The van der Waals surface area contributed by atoms with E-state index in [4.69, 9.17) is 21.5 Å². The van der Waals surface area contributed by atoms with Crippen LogP contribution in [0.1, 0.15) is 37.8 Å². The van der Waals surface area contributed by atoms with Crippen LogP contribution in [0.4, 0.5) is 0 Å². The SMILES string of the molecule is Cc1cccc(CN(CC(C)C)C2CCN(OC(=O)/C=C/C(=O)O)CC2)c1Cl. The average Bonchev–Trinajstić information content (AvgIpc) is 2.63. The van der Waals surface area contributed by atoms with Gasteiger partial charge >= 0.3 is 11.9 Å². The van der Waals surface area contributed by atoms with Crippen LogP contribution in [0.25, 0.3) is 0 Å². The third-order valence-electron chi connectivity index (χ3n) is 4.77. The third-order valence-corrected chi connectivity index (χ3v) is 5.31. The van der Waals surface area contributed by atoms with Crippen molar-refractivity contribution in [1.29, 1.82) is 0 Å². The minimum atomic E-state index is -1.17. The molecule has 28 heavy (non-hydrogen) atoms. The second-order valence-corrected chi connectivity index (χ2v) is 7.99. The van der Waals surface area contributed by atoms with Crippen molar-refractivity contribution in [2.45, 2.75) is 46.2 Å². The van der Waals surface area contributed by atoms with Crippen LogP contribution in [-0.4, -0.2) is 52.7 Å². The van der Waals surface area contributed by atoms with Crippen LogP contribution in [0, 0.1) is 12.8 Å². The molecule has 1 fully saturated rings. The number of benzene rings is 1. The molecule has 0 atom stereocenters. The number of hydroxylamine groups is 2. The predicted molar refractivity (Wildman–Crippen MR) is 109 cm³/mol. The topological polar surface area (TPSA) is 70.1 Å². The highest BCUT2D eigenvalue weighted by atomic mass is 35.5. The Bertz CT molecular complexity index is 712. The van der Waals surface area contributed by atoms with E-state index in [1.54, 1.807) is 5.06 Å². The highest BCUT2D eigenvalue weighted by Crippen LogP contribution is 2.25. The second kappa shape index (κ2) is 10.6. The molecule has 0 amide bonds. The molecule has 0 saturated carbocycles. The molecule has 1 saturated heterocycles. The van der Waals surface area contributed by atoms with Crippen molar-refractivity contribution < 1.29 is 19.5 Å². The number of carboxylic acid groups (broad SMARTS) is 1. The Morgan fingerprint density at radius 1 is 1.32 bits per heavy atom. The summed E-state index contributed by atoms with van der Waals surface area (Å²) in [6.45, 7) is 9.43. The van der Waals surface area contributed by atoms with Gasteiger partial charge in [0.1, 0.15) is 0 Å². The number of nitrogens with zero attached hydrogens (tertiary/aromatic N) is 2. The van der Waals surface area contributed by atoms with Gasteiger partial charge in [-0.2, -0.15) is 0 Å². The number of carbonyl (C=O) groups excluding carboxylic acids is 1. The van der Waals surface area contributed by atoms with E-state index in [1.807, 2.05) is 19.1 Å². The summed E-state index contributed by atoms with van der Waals surface area (Å²) in [6.07, 6.45) is 3.45. The van der Waals surface area contributed by atoms with Gasteiger partial charge in [0.15, 0.2) is 0 Å². The summed E-state index contributed by atoms with van der Waals surface area (Å²) >= 11 is 6.50. The van der Waals surface area contributed by atoms with Gasteiger partial charge < -0.3 is 9.94 Å². The molecule has 0 aliphatic carbocycles. The largest absolute Gasteiger partial charge is 0.478 e. The fourth-order valence-corrected chi connectivity index (χ4v) is 3.64. The van der Waals surface area contributed by atoms with E-state index in [0.717, 1.165) is 54.2 Å². The lowest BCUT2D eigenvalue weighted by Crippen LogP contribution is -2.46. The minimum absolute atomic E-state index is 0.378. The highest BCUT2D eigenvalue weighted by molar-refractivity contribution is 6.32. The average molecular weight is 409 g/mol. The van der Waals surface area contributed by atoms with Crippen molar-refractivity contribution in [1.82, 2.24) is 9.96 Å². The number of carboxylic acids is 1. The zero-order valence-electron chi connectivity index (χ0n) is 16.7. The molecular formula is C21H29ClN2O4. The first-order valence-electron chi connectivity index (χ1n) is 9.62. The zero-order valence-corrected chi connectivity index (χ0v) is 17.5. The summed E-state index contributed by atoms with van der Waals surface area (Å²) in [5.74, 6) is -1.30. The van der Waals surface area contributed by atoms with Gasteiger partial charge in [0, 0.05) is 49.4 Å². The molecule has 2 rings (SSSR count). The lowest BCUT2D eigenvalue weighted by molar-refractivity contribution is -0.191. The highest BCUT2D eigenvalue weighted by Gasteiger charge is 2.27. The molecule has 1 N–H and O–H groups in total. The Balaban J connectivity index is 1.96. The predicted octanol–water partition coefficient (Wildman–Crippen LogP) is 3.67. The quantitative estimate of drug-likeness (QED) is 0.662. The van der Waals surface area contributed by atoms with Crippen LogP contribution in [0.5, 0.6) is 0 Å². The van der Waals surface area contributed by atoms with Crippen molar-refractivity contribution in [3.8, 4) is 0 Å². The van der Waals surface area contributed by atoms with E-state index >= 15 is 0 Å². The standard InChI is InChI=1S/C21H29ClN2O4/c1-15(2)13-23(14-17-6-4-5-16(3)21(17)22)18-9-11-24(12-10-18)28-20(27)8-7-19(25)26/h4-8,15,18H,9-14H2,1-3H3,(H,25,26)/b8-7+. The van der Waals surface area contributed by atoms with Crippen molar-refractivity contribution in [2.75, 3.05) is 19.6 Å². The first kappa shape index (κ1) is 22.4. The van der Waals surface area contributed by atoms with E-state index in [0.29, 0.717) is 25.0 Å². The summed E-state index contributed by atoms with van der Waals surface area (Å²) in [4.78, 5) is 29.8. The summed E-state index contributed by atoms with van der Waals surface area (Å²) in [7, 11) is 0. The summed E-state index contributed by atoms with van der Waals surface area (Å²) in [5.41, 5.74) is 2.22. The van der Waals surface area contributed by atoms with Gasteiger partial charge in [0.2, 0.25) is 0 Å². The molecular weight excluding hydrogens is 380 g/mol. The Hall–Kier alpha value is -1.89. The molecule has 1 aromatic carbocycles. The number of hydrogen-bond donors (Lipinski definition) is 1. The summed E-state index contributed by atoms with van der Waals surface area (Å²) in [5, 5.41) is 11.0. The van der Waals surface area contributed by atoms with Gasteiger partial charge in [0.25, 0.3) is 0 Å². The van der Waals surface area contributed by atoms with Crippen LogP contribution in [0.15, 0.2) is 30.4 Å². The van der Waals surface area contributed by atoms with Crippen molar-refractivity contribution in [3.63, 3.8) is 0 Å². The van der Waals surface area contributed by atoms with Gasteiger partial charge in [0.05, 0.1) is 0 Å². The van der Waals surface area contributed by atoms with Crippen LogP contribution in [0.2, 0.25) is 5.02 Å². The van der Waals surface area contributed by atoms with Crippen LogP contribution in [-0.2, 0) is 21.0 Å². The fourth-order valence-electron chi connectivity index (χ4n) is 3.46. The van der Waals surface area contributed by atoms with E-state index in [1.165, 1.54) is 0 Å². The van der Waals surface area contributed by atoms with Gasteiger partial charge in [-0.15, -0.1) is 5.06 Å². The zero-order chi connectivity index (χ0) is 20.7. The van der Waals surface area contributed by atoms with Gasteiger partial charge in [-0.05, 0) is 36.8 Å². The molecule has 0 bridgehead atoms. The molecule has 0 spiro atoms. The molecule has 1 aromatic rings. The van der Waals surface area contributed by atoms with Gasteiger partial charge in [-0.25, -0.2) is 9.59 Å². The Morgan fingerprint density at radius 3 is 2.61 bits per heavy atom. The minimum Gasteiger partial charge on any atom is -0.478 e. The van der Waals surface area contributed by atoms with Crippen molar-refractivity contribution in [3.05, 3.63) is 46.5 Å². The molecule has 1 aliphatic rings. The Morgan fingerprint density at radius 2 is 2.00 bits per heavy atom. The normalized spacial score (nSPS) is 16.2. The molecule has 1 heterocycles. The summed E-state index contributed by atoms with van der Waals surface area (Å²) < 4.78 is 0. The summed E-state index contributed by atoms with van der Waals surface area (Å²) in [6, 6.07) is 6.51. The first-order valence-corrected chi connectivity index (χ1v) is 10.00. The van der Waals surface area contributed by atoms with E-state index in [-0.39, 0.29) is 0 Å². The van der Waals surface area contributed by atoms with E-state index in [2.05, 4.69) is 24.8 Å². The maximum Gasteiger partial charge on any atom is 0.349 e. The lowest BCUT2D eigenvalue weighted by atomic mass is 10.0. The van der Waals surface area contributed by atoms with Gasteiger partial charge in [-0.1, -0.05) is 43.6 Å². The Labute approximate surface area is 171 Å². The van der Waals surface area contributed by atoms with Crippen LogP contribution in [0.3, 0.4) is 0 Å². The van der Waals surface area contributed by atoms with E-state index < -0.39 is 11.9 Å². The fraction of sp³-hybridized carbons (Fsp3) is 0.524. The van der Waals surface area contributed by atoms with Crippen LogP contribution >= 0.6 is 11.6 Å². The molecule has 6 nitrogen and oxygen atoms in total. The maximum atomic E-state index is 11.6. The lowest BCUT2D eigenvalue weighted by Gasteiger charge is -2.38. The maximum absolute atomic E-state index is 11.6. The van der Waals surface area contributed by atoms with Crippen molar-refractivity contribution in [2.24, 2.45) is 5.92 Å². The second-order valence-electron chi connectivity index (χ2n) is 7.61. The number of carbonyl (C=O) groups is 2. The molecule has 0 unspecified atom stereocenters. The number of aliphatic carboxylic acids is 1. The van der Waals surface area contributed by atoms with Crippen molar-refractivity contribution >= 4 is 23.5 Å². The number of aryl methyl sites for hydroxylation is 1. The molecule has 1 aliphatic heterocycles. The smallest absolute Gasteiger partial charge is 0.349 e. The Kier molecular flexibility index (Phi) is 8.48.